The summed E-state index contributed by atoms with van der Waals surface area (Å²) in [7, 11) is 0. The number of hydrogen-bond donors (Lipinski definition) is 1. The monoisotopic (exact) mass is 231 g/mol. The van der Waals surface area contributed by atoms with Gasteiger partial charge in [-0.15, -0.1) is 0 Å². The molecule has 2 rings (SSSR count). The summed E-state index contributed by atoms with van der Waals surface area (Å²) in [5.74, 6) is 0.268. The second-order valence-electron chi connectivity index (χ2n) is 4.26. The molecule has 2 N–H and O–H groups in total. The van der Waals surface area contributed by atoms with E-state index in [1.807, 2.05) is 24.3 Å². The number of rotatable bonds is 5. The van der Waals surface area contributed by atoms with Crippen molar-refractivity contribution in [3.05, 3.63) is 36.1 Å². The van der Waals surface area contributed by atoms with Crippen molar-refractivity contribution in [1.29, 1.82) is 0 Å². The van der Waals surface area contributed by atoms with Gasteiger partial charge in [-0.2, -0.15) is 0 Å². The van der Waals surface area contributed by atoms with Crippen molar-refractivity contribution in [3.8, 4) is 0 Å². The molecule has 0 bridgehead atoms. The molecular weight excluding hydrogens is 214 g/mol. The number of nitrogens with two attached hydrogens (primary N) is 1. The first-order valence-corrected chi connectivity index (χ1v) is 6.00. The molecule has 0 amide bonds. The van der Waals surface area contributed by atoms with E-state index in [2.05, 4.69) is 6.92 Å². The normalized spacial score (nSPS) is 12.8. The van der Waals surface area contributed by atoms with Gasteiger partial charge >= 0.3 is 0 Å². The quantitative estimate of drug-likeness (QED) is 0.804. The van der Waals surface area contributed by atoms with Crippen LogP contribution in [0.25, 0.3) is 11.0 Å². The van der Waals surface area contributed by atoms with E-state index in [9.17, 15) is 4.79 Å². The average molecular weight is 231 g/mol. The Morgan fingerprint density at radius 3 is 2.88 bits per heavy atom. The molecule has 0 spiro atoms. The fourth-order valence-corrected chi connectivity index (χ4v) is 1.84. The van der Waals surface area contributed by atoms with E-state index in [1.54, 1.807) is 6.07 Å². The summed E-state index contributed by atoms with van der Waals surface area (Å²) in [6.45, 7) is 2.08. The molecule has 2 aromatic rings. The van der Waals surface area contributed by atoms with Crippen LogP contribution in [0.1, 0.15) is 36.7 Å². The molecule has 0 saturated carbocycles. The lowest BCUT2D eigenvalue weighted by Gasteiger charge is -2.06. The molecule has 1 heterocycles. The fraction of sp³-hybridized carbons (Fsp3) is 0.357. The third-order valence-electron chi connectivity index (χ3n) is 2.87. The predicted octanol–water partition coefficient (Wildman–Crippen LogP) is 3.13. The predicted molar refractivity (Wildman–Crippen MR) is 68.0 cm³/mol. The topological polar surface area (TPSA) is 56.2 Å². The molecule has 1 aromatic carbocycles. The van der Waals surface area contributed by atoms with E-state index < -0.39 is 6.04 Å². The Morgan fingerprint density at radius 2 is 2.18 bits per heavy atom. The minimum atomic E-state index is -0.449. The summed E-state index contributed by atoms with van der Waals surface area (Å²) in [4.78, 5) is 12.0. The summed E-state index contributed by atoms with van der Waals surface area (Å²) in [5.41, 5.74) is 6.58. The Balaban J connectivity index is 2.18. The van der Waals surface area contributed by atoms with E-state index in [0.29, 0.717) is 12.2 Å². The zero-order chi connectivity index (χ0) is 12.3. The third-order valence-corrected chi connectivity index (χ3v) is 2.87. The van der Waals surface area contributed by atoms with Crippen molar-refractivity contribution in [2.45, 2.75) is 32.2 Å². The maximum atomic E-state index is 12.0. The van der Waals surface area contributed by atoms with Crippen LogP contribution >= 0.6 is 0 Å². The van der Waals surface area contributed by atoms with Gasteiger partial charge in [0.25, 0.3) is 0 Å². The highest BCUT2D eigenvalue weighted by Crippen LogP contribution is 2.20. The van der Waals surface area contributed by atoms with Gasteiger partial charge in [0.15, 0.2) is 5.76 Å². The zero-order valence-electron chi connectivity index (χ0n) is 9.98. The Morgan fingerprint density at radius 1 is 1.41 bits per heavy atom. The van der Waals surface area contributed by atoms with Crippen molar-refractivity contribution in [1.82, 2.24) is 0 Å². The van der Waals surface area contributed by atoms with Crippen molar-refractivity contribution in [3.63, 3.8) is 0 Å². The number of carbonyl (C=O) groups is 1. The van der Waals surface area contributed by atoms with Gasteiger partial charge in [0.05, 0.1) is 6.04 Å². The minimum Gasteiger partial charge on any atom is -0.453 e. The van der Waals surface area contributed by atoms with Crippen LogP contribution in [0.3, 0.4) is 0 Å². The number of benzene rings is 1. The number of Topliss-reactive ketones (excluding diaryl/α,β-unsaturated/α-hetero) is 1. The molecular formula is C14H17NO2. The van der Waals surface area contributed by atoms with Gasteiger partial charge in [0, 0.05) is 5.39 Å². The molecule has 0 fully saturated rings. The number of furan rings is 1. The smallest absolute Gasteiger partial charge is 0.214 e. The molecule has 0 radical (unpaired) electrons. The van der Waals surface area contributed by atoms with Gasteiger partial charge in [-0.05, 0) is 18.6 Å². The van der Waals surface area contributed by atoms with Crippen molar-refractivity contribution >= 4 is 16.8 Å². The van der Waals surface area contributed by atoms with Crippen LogP contribution < -0.4 is 5.73 Å². The van der Waals surface area contributed by atoms with Gasteiger partial charge in [-0.3, -0.25) is 4.79 Å². The van der Waals surface area contributed by atoms with Gasteiger partial charge in [-0.1, -0.05) is 38.0 Å². The number of hydrogen-bond acceptors (Lipinski definition) is 3. The molecule has 0 aliphatic rings. The Kier molecular flexibility index (Phi) is 3.59. The highest BCUT2D eigenvalue weighted by atomic mass is 16.3. The van der Waals surface area contributed by atoms with Crippen LogP contribution in [0.15, 0.2) is 34.7 Å². The highest BCUT2D eigenvalue weighted by Gasteiger charge is 2.19. The van der Waals surface area contributed by atoms with Crippen LogP contribution in [0.4, 0.5) is 0 Å². The first-order valence-electron chi connectivity index (χ1n) is 6.00. The van der Waals surface area contributed by atoms with Crippen molar-refractivity contribution in [2.24, 2.45) is 5.73 Å². The van der Waals surface area contributed by atoms with E-state index in [1.165, 1.54) is 0 Å². The Bertz CT molecular complexity index is 483. The maximum Gasteiger partial charge on any atom is 0.214 e. The van der Waals surface area contributed by atoms with Crippen LogP contribution in [-0.4, -0.2) is 11.8 Å². The maximum absolute atomic E-state index is 12.0. The lowest BCUT2D eigenvalue weighted by Crippen LogP contribution is -2.30. The second kappa shape index (κ2) is 5.15. The molecule has 1 atom stereocenters. The lowest BCUT2D eigenvalue weighted by atomic mass is 10.0. The molecule has 0 aliphatic heterocycles. The van der Waals surface area contributed by atoms with Crippen molar-refractivity contribution in [2.75, 3.05) is 0 Å². The number of unbranched alkanes of at least 4 members (excludes halogenated alkanes) is 1. The summed E-state index contributed by atoms with van der Waals surface area (Å²) in [5, 5.41) is 0.943. The minimum absolute atomic E-state index is 0.102. The molecule has 3 heteroatoms. The Labute approximate surface area is 101 Å². The van der Waals surface area contributed by atoms with Gasteiger partial charge in [-0.25, -0.2) is 0 Å². The fourth-order valence-electron chi connectivity index (χ4n) is 1.84. The van der Waals surface area contributed by atoms with Crippen LogP contribution in [0.2, 0.25) is 0 Å². The Hall–Kier alpha value is -1.61. The van der Waals surface area contributed by atoms with E-state index >= 15 is 0 Å². The zero-order valence-corrected chi connectivity index (χ0v) is 9.98. The first-order chi connectivity index (χ1) is 8.22. The molecule has 1 unspecified atom stereocenters. The molecule has 90 valence electrons. The molecule has 0 aliphatic carbocycles. The molecule has 0 saturated heterocycles. The molecule has 3 nitrogen and oxygen atoms in total. The van der Waals surface area contributed by atoms with E-state index in [-0.39, 0.29) is 5.78 Å². The van der Waals surface area contributed by atoms with Gasteiger partial charge in [0.1, 0.15) is 5.58 Å². The first kappa shape index (κ1) is 11.9. The van der Waals surface area contributed by atoms with E-state index in [0.717, 1.165) is 23.8 Å². The standard InChI is InChI=1S/C14H17NO2/c1-2-3-7-11(15)14(16)13-9-10-6-4-5-8-12(10)17-13/h4-6,8-9,11H,2-3,7,15H2,1H3. The van der Waals surface area contributed by atoms with E-state index in [4.69, 9.17) is 10.2 Å². The van der Waals surface area contributed by atoms with Gasteiger partial charge < -0.3 is 10.2 Å². The lowest BCUT2D eigenvalue weighted by molar-refractivity contribution is 0.0931. The van der Waals surface area contributed by atoms with Gasteiger partial charge in [0.2, 0.25) is 5.78 Å². The summed E-state index contributed by atoms with van der Waals surface area (Å²) in [6, 6.07) is 8.90. The summed E-state index contributed by atoms with van der Waals surface area (Å²) < 4.78 is 5.50. The number of para-hydroxylation sites is 1. The van der Waals surface area contributed by atoms with Crippen LogP contribution in [-0.2, 0) is 0 Å². The second-order valence-corrected chi connectivity index (χ2v) is 4.26. The SMILES string of the molecule is CCCCC(N)C(=O)c1cc2ccccc2o1. The third kappa shape index (κ3) is 2.56. The highest BCUT2D eigenvalue weighted by molar-refractivity contribution is 6.00. The van der Waals surface area contributed by atoms with Crippen molar-refractivity contribution < 1.29 is 9.21 Å². The number of fused-ring (bicyclic) bond motifs is 1. The molecule has 17 heavy (non-hydrogen) atoms. The molecule has 1 aromatic heterocycles. The summed E-state index contributed by atoms with van der Waals surface area (Å²) in [6.07, 6.45) is 2.72. The van der Waals surface area contributed by atoms with Crippen LogP contribution in [0.5, 0.6) is 0 Å². The summed E-state index contributed by atoms with van der Waals surface area (Å²) >= 11 is 0. The van der Waals surface area contributed by atoms with Crippen LogP contribution in [0, 0.1) is 0 Å². The number of ketones is 1. The average Bonchev–Trinajstić information content (AvgIpc) is 2.78. The number of carbonyl (C=O) groups excluding carboxylic acids is 1. The largest absolute Gasteiger partial charge is 0.453 e.